The summed E-state index contributed by atoms with van der Waals surface area (Å²) in [5, 5.41) is 4.13. The van der Waals surface area contributed by atoms with Gasteiger partial charge in [0.25, 0.3) is 5.56 Å². The van der Waals surface area contributed by atoms with Gasteiger partial charge in [0.05, 0.1) is 11.9 Å². The van der Waals surface area contributed by atoms with Crippen molar-refractivity contribution in [3.8, 4) is 16.9 Å². The van der Waals surface area contributed by atoms with Crippen LogP contribution in [0.1, 0.15) is 40.8 Å². The molecule has 0 unspecified atom stereocenters. The minimum absolute atomic E-state index is 0.0544. The van der Waals surface area contributed by atoms with Crippen molar-refractivity contribution in [1.82, 2.24) is 19.2 Å². The number of benzene rings is 1. The molecule has 0 spiro atoms. The van der Waals surface area contributed by atoms with Gasteiger partial charge in [-0.25, -0.2) is 26.1 Å². The summed E-state index contributed by atoms with van der Waals surface area (Å²) < 4.78 is 72.2. The highest BCUT2D eigenvalue weighted by Crippen LogP contribution is 2.55. The second kappa shape index (κ2) is 9.56. The van der Waals surface area contributed by atoms with E-state index in [9.17, 15) is 17.6 Å². The molecule has 4 heterocycles. The predicted molar refractivity (Wildman–Crippen MR) is 148 cm³/mol. The van der Waals surface area contributed by atoms with Crippen molar-refractivity contribution in [1.29, 1.82) is 0 Å². The number of aromatic nitrogens is 4. The Balaban J connectivity index is 1.45. The molecule has 210 valence electrons. The lowest BCUT2D eigenvalue weighted by molar-refractivity contribution is 0.569. The maximum atomic E-state index is 16.1. The summed E-state index contributed by atoms with van der Waals surface area (Å²) in [6.45, 7) is 3.18. The van der Waals surface area contributed by atoms with Gasteiger partial charge < -0.3 is 0 Å². The van der Waals surface area contributed by atoms with Gasteiger partial charge in [0, 0.05) is 35.3 Å². The molecule has 41 heavy (non-hydrogen) atoms. The van der Waals surface area contributed by atoms with Crippen LogP contribution in [0.15, 0.2) is 64.5 Å². The molecule has 0 N–H and O–H groups in total. The molecule has 1 saturated carbocycles. The Morgan fingerprint density at radius 2 is 1.78 bits per heavy atom. The van der Waals surface area contributed by atoms with Gasteiger partial charge in [-0.15, -0.1) is 0 Å². The number of hydrogen-bond donors (Lipinski definition) is 0. The van der Waals surface area contributed by atoms with Crippen molar-refractivity contribution in [3.05, 3.63) is 110 Å². The number of hydrogen-bond acceptors (Lipinski definition) is 5. The summed E-state index contributed by atoms with van der Waals surface area (Å²) in [6.07, 6.45) is 4.31. The predicted octanol–water partition coefficient (Wildman–Crippen LogP) is 5.91. The summed E-state index contributed by atoms with van der Waals surface area (Å²) >= 11 is 6.61. The van der Waals surface area contributed by atoms with E-state index in [-0.39, 0.29) is 33.7 Å². The fraction of sp³-hybridized carbons (Fsp3) is 0.207. The Labute approximate surface area is 237 Å². The van der Waals surface area contributed by atoms with Crippen molar-refractivity contribution < 1.29 is 21.6 Å². The van der Waals surface area contributed by atoms with Crippen LogP contribution in [-0.2, 0) is 9.84 Å². The largest absolute Gasteiger partial charge is 0.277 e. The third kappa shape index (κ3) is 4.34. The molecule has 1 aliphatic rings. The third-order valence-corrected chi connectivity index (χ3v) is 8.98. The van der Waals surface area contributed by atoms with Gasteiger partial charge in [-0.2, -0.15) is 5.10 Å². The van der Waals surface area contributed by atoms with Crippen molar-refractivity contribution in [2.45, 2.75) is 37.0 Å². The van der Waals surface area contributed by atoms with Crippen molar-refractivity contribution >= 4 is 27.0 Å². The molecular formula is C29H22ClF3N4O3S. The van der Waals surface area contributed by atoms with E-state index in [1.54, 1.807) is 32.0 Å². The van der Waals surface area contributed by atoms with Crippen molar-refractivity contribution in [3.63, 3.8) is 0 Å². The van der Waals surface area contributed by atoms with Crippen LogP contribution in [0.2, 0.25) is 5.02 Å². The Morgan fingerprint density at radius 3 is 2.51 bits per heavy atom. The minimum atomic E-state index is -3.93. The van der Waals surface area contributed by atoms with Crippen LogP contribution < -0.4 is 5.56 Å². The Kier molecular flexibility index (Phi) is 6.35. The van der Waals surface area contributed by atoms with Crippen LogP contribution >= 0.6 is 11.6 Å². The molecule has 6 rings (SSSR count). The number of aryl methyl sites for hydroxylation is 2. The van der Waals surface area contributed by atoms with E-state index in [0.717, 1.165) is 22.6 Å². The number of sulfone groups is 1. The average molecular weight is 599 g/mol. The monoisotopic (exact) mass is 598 g/mol. The van der Waals surface area contributed by atoms with Crippen LogP contribution in [0.4, 0.5) is 13.2 Å². The summed E-state index contributed by atoms with van der Waals surface area (Å²) in [4.78, 5) is 17.1. The molecule has 7 nitrogen and oxygen atoms in total. The first-order valence-corrected chi connectivity index (χ1v) is 14.9. The number of rotatable bonds is 5. The van der Waals surface area contributed by atoms with Crippen molar-refractivity contribution in [2.75, 3.05) is 6.26 Å². The van der Waals surface area contributed by atoms with Gasteiger partial charge in [-0.3, -0.25) is 14.3 Å². The molecule has 12 heteroatoms. The number of halogens is 4. The van der Waals surface area contributed by atoms with Crippen LogP contribution in [0.5, 0.6) is 0 Å². The highest BCUT2D eigenvalue weighted by Gasteiger charge is 2.43. The lowest BCUT2D eigenvalue weighted by atomic mass is 10.1. The highest BCUT2D eigenvalue weighted by molar-refractivity contribution is 7.90. The first kappa shape index (κ1) is 27.2. The molecule has 5 aromatic rings. The first-order valence-electron chi connectivity index (χ1n) is 12.6. The van der Waals surface area contributed by atoms with Gasteiger partial charge >= 0.3 is 0 Å². The zero-order valence-corrected chi connectivity index (χ0v) is 23.6. The molecule has 0 aliphatic heterocycles. The van der Waals surface area contributed by atoms with Crippen LogP contribution in [-0.4, -0.2) is 33.8 Å². The molecule has 0 bridgehead atoms. The molecule has 4 aromatic heterocycles. The standard InChI is InChI=1S/C29H22ClF3N4O3S/c1-14-13-34-27(16-5-4-6-23(25(16)32)41(3,39)40)26(33)28(14)36-15(2)11-19(24(30)29(36)38)17-12-18(17)21-8-7-20(31)22-9-10-35-37(21)22/h4-11,13,17-18H,12H2,1-3H3/t17-,18-/m0/s1. The smallest absolute Gasteiger partial charge is 0.274 e. The van der Waals surface area contributed by atoms with Gasteiger partial charge in [-0.05, 0) is 73.7 Å². The van der Waals surface area contributed by atoms with Gasteiger partial charge in [0.1, 0.15) is 26.9 Å². The Bertz CT molecular complexity index is 2070. The molecule has 1 aliphatic carbocycles. The molecule has 2 atom stereocenters. The number of fused-ring (bicyclic) bond motifs is 1. The maximum Gasteiger partial charge on any atom is 0.274 e. The molecule has 0 saturated heterocycles. The summed E-state index contributed by atoms with van der Waals surface area (Å²) in [5.74, 6) is -2.72. The molecular weight excluding hydrogens is 577 g/mol. The molecule has 1 fully saturated rings. The summed E-state index contributed by atoms with van der Waals surface area (Å²) in [6, 6.07) is 9.94. The Hall–Kier alpha value is -3.96. The SMILES string of the molecule is Cc1cnc(-c2cccc(S(C)(=O)=O)c2F)c(F)c1-n1c(C)cc([C@H]2C[C@@H]2c2ccc(F)c3ccnn23)c(Cl)c1=O. The van der Waals surface area contributed by atoms with Gasteiger partial charge in [-0.1, -0.05) is 17.7 Å². The fourth-order valence-electron chi connectivity index (χ4n) is 5.44. The maximum absolute atomic E-state index is 16.1. The Morgan fingerprint density at radius 1 is 1.02 bits per heavy atom. The number of nitrogens with zero attached hydrogens (tertiary/aromatic N) is 4. The van der Waals surface area contributed by atoms with E-state index >= 15 is 8.78 Å². The summed E-state index contributed by atoms with van der Waals surface area (Å²) in [7, 11) is -3.93. The lowest BCUT2D eigenvalue weighted by Gasteiger charge is -2.18. The van der Waals surface area contributed by atoms with E-state index in [1.165, 1.54) is 35.1 Å². The van der Waals surface area contributed by atoms with E-state index in [2.05, 4.69) is 10.1 Å². The second-order valence-electron chi connectivity index (χ2n) is 10.2. The number of pyridine rings is 3. The van der Waals surface area contributed by atoms with E-state index in [1.807, 2.05) is 0 Å². The minimum Gasteiger partial charge on any atom is -0.277 e. The molecule has 0 amide bonds. The molecule has 0 radical (unpaired) electrons. The fourth-order valence-corrected chi connectivity index (χ4v) is 6.48. The topological polar surface area (TPSA) is 86.3 Å². The van der Waals surface area contributed by atoms with E-state index < -0.39 is 43.4 Å². The second-order valence-corrected chi connectivity index (χ2v) is 12.6. The molecule has 1 aromatic carbocycles. The quantitative estimate of drug-likeness (QED) is 0.251. The lowest BCUT2D eigenvalue weighted by Crippen LogP contribution is -2.24. The van der Waals surface area contributed by atoms with E-state index in [0.29, 0.717) is 23.2 Å². The zero-order valence-electron chi connectivity index (χ0n) is 22.0. The summed E-state index contributed by atoms with van der Waals surface area (Å²) in [5.41, 5.74) is 0.757. The average Bonchev–Trinajstić information content (AvgIpc) is 3.53. The van der Waals surface area contributed by atoms with Gasteiger partial charge in [0.2, 0.25) is 0 Å². The van der Waals surface area contributed by atoms with Gasteiger partial charge in [0.15, 0.2) is 21.5 Å². The van der Waals surface area contributed by atoms with Crippen LogP contribution in [0.3, 0.4) is 0 Å². The van der Waals surface area contributed by atoms with E-state index in [4.69, 9.17) is 11.6 Å². The van der Waals surface area contributed by atoms with Crippen LogP contribution in [0.25, 0.3) is 22.5 Å². The highest BCUT2D eigenvalue weighted by atomic mass is 35.5. The first-order chi connectivity index (χ1) is 19.4. The van der Waals surface area contributed by atoms with Crippen LogP contribution in [0, 0.1) is 31.3 Å². The normalized spacial score (nSPS) is 16.9. The van der Waals surface area contributed by atoms with Crippen molar-refractivity contribution in [2.24, 2.45) is 0 Å². The zero-order chi connectivity index (χ0) is 29.4. The third-order valence-electron chi connectivity index (χ3n) is 7.48.